The highest BCUT2D eigenvalue weighted by Gasteiger charge is 2.25. The van der Waals surface area contributed by atoms with Crippen LogP contribution in [0.2, 0.25) is 0 Å². The average molecular weight is 279 g/mol. The molecule has 0 nitrogen and oxygen atoms in total. The van der Waals surface area contributed by atoms with Gasteiger partial charge in [-0.15, -0.1) is 0 Å². The summed E-state index contributed by atoms with van der Waals surface area (Å²) in [5.41, 5.74) is 1.56. The molecule has 19 heavy (non-hydrogen) atoms. The van der Waals surface area contributed by atoms with E-state index in [4.69, 9.17) is 12.6 Å². The molecule has 0 fully saturated rings. The summed E-state index contributed by atoms with van der Waals surface area (Å²) < 4.78 is 0. The van der Waals surface area contributed by atoms with Crippen LogP contribution in [0.1, 0.15) is 59.3 Å². The summed E-state index contributed by atoms with van der Waals surface area (Å²) in [6.45, 7) is 6.89. The number of allylic oxidation sites excluding steroid dienone is 5. The van der Waals surface area contributed by atoms with E-state index in [0.29, 0.717) is 11.2 Å². The van der Waals surface area contributed by atoms with Crippen LogP contribution >= 0.6 is 12.6 Å². The van der Waals surface area contributed by atoms with Gasteiger partial charge in [-0.2, -0.15) is 12.6 Å². The highest BCUT2D eigenvalue weighted by atomic mass is 32.1. The fourth-order valence-electron chi connectivity index (χ4n) is 3.02. The van der Waals surface area contributed by atoms with Gasteiger partial charge in [0, 0.05) is 5.25 Å². The van der Waals surface area contributed by atoms with Crippen LogP contribution in [0.4, 0.5) is 0 Å². The highest BCUT2D eigenvalue weighted by molar-refractivity contribution is 7.81. The topological polar surface area (TPSA) is 0 Å². The number of thiol groups is 1. The fourth-order valence-corrected chi connectivity index (χ4v) is 3.42. The molecule has 0 N–H and O–H groups in total. The van der Waals surface area contributed by atoms with Crippen molar-refractivity contribution in [2.75, 3.05) is 0 Å². The molecule has 1 heteroatoms. The van der Waals surface area contributed by atoms with Crippen LogP contribution in [0, 0.1) is 11.8 Å². The van der Waals surface area contributed by atoms with Crippen molar-refractivity contribution in [3.8, 4) is 0 Å². The normalized spacial score (nSPS) is 22.5. The molecule has 0 bridgehead atoms. The van der Waals surface area contributed by atoms with Crippen LogP contribution in [0.3, 0.4) is 0 Å². The van der Waals surface area contributed by atoms with Crippen molar-refractivity contribution in [2.45, 2.75) is 64.5 Å². The van der Waals surface area contributed by atoms with Gasteiger partial charge < -0.3 is 0 Å². The van der Waals surface area contributed by atoms with Crippen molar-refractivity contribution in [3.63, 3.8) is 0 Å². The Morgan fingerprint density at radius 2 is 2.05 bits per heavy atom. The van der Waals surface area contributed by atoms with Gasteiger partial charge in [-0.25, -0.2) is 0 Å². The van der Waals surface area contributed by atoms with Crippen LogP contribution in [-0.4, -0.2) is 5.25 Å². The Hall–Kier alpha value is -0.430. The lowest BCUT2D eigenvalue weighted by atomic mass is 9.77. The third kappa shape index (κ3) is 5.22. The van der Waals surface area contributed by atoms with Crippen LogP contribution in [0.25, 0.3) is 0 Å². The predicted octanol–water partition coefficient (Wildman–Crippen LogP) is 5.97. The zero-order valence-electron chi connectivity index (χ0n) is 12.8. The van der Waals surface area contributed by atoms with Gasteiger partial charge in [-0.3, -0.25) is 0 Å². The Morgan fingerprint density at radius 1 is 1.26 bits per heavy atom. The third-order valence-corrected chi connectivity index (χ3v) is 4.70. The van der Waals surface area contributed by atoms with Crippen LogP contribution in [0.15, 0.2) is 36.0 Å². The molecule has 0 amide bonds. The summed E-state index contributed by atoms with van der Waals surface area (Å²) in [5.74, 6) is 1.47. The van der Waals surface area contributed by atoms with Crippen molar-refractivity contribution >= 4 is 12.6 Å². The Balaban J connectivity index is 2.69. The van der Waals surface area contributed by atoms with Gasteiger partial charge in [-0.05, 0) is 37.5 Å². The minimum absolute atomic E-state index is 0.434. The van der Waals surface area contributed by atoms with Crippen molar-refractivity contribution in [3.05, 3.63) is 36.0 Å². The lowest BCUT2D eigenvalue weighted by Crippen LogP contribution is -2.22. The minimum Gasteiger partial charge on any atom is -0.171 e. The molecule has 0 saturated heterocycles. The van der Waals surface area contributed by atoms with E-state index in [2.05, 4.69) is 51.2 Å². The van der Waals surface area contributed by atoms with E-state index in [1.165, 1.54) is 32.1 Å². The van der Waals surface area contributed by atoms with Crippen LogP contribution in [0.5, 0.6) is 0 Å². The van der Waals surface area contributed by atoms with Crippen molar-refractivity contribution < 1.29 is 0 Å². The van der Waals surface area contributed by atoms with Crippen molar-refractivity contribution in [1.82, 2.24) is 0 Å². The maximum Gasteiger partial charge on any atom is 0.0266 e. The summed E-state index contributed by atoms with van der Waals surface area (Å²) in [7, 11) is 0. The maximum absolute atomic E-state index is 4.77. The Labute approximate surface area is 125 Å². The molecule has 0 aromatic carbocycles. The molecule has 0 saturated carbocycles. The monoisotopic (exact) mass is 278 g/mol. The molecule has 108 valence electrons. The zero-order valence-corrected chi connectivity index (χ0v) is 13.7. The Bertz CT molecular complexity index is 325. The number of rotatable bonds is 8. The summed E-state index contributed by atoms with van der Waals surface area (Å²) in [6, 6.07) is 0. The van der Waals surface area contributed by atoms with Crippen molar-refractivity contribution in [2.24, 2.45) is 11.8 Å². The molecule has 1 rings (SSSR count). The highest BCUT2D eigenvalue weighted by Crippen LogP contribution is 2.35. The van der Waals surface area contributed by atoms with Gasteiger partial charge >= 0.3 is 0 Å². The second-order valence-corrected chi connectivity index (χ2v) is 6.15. The van der Waals surface area contributed by atoms with Gasteiger partial charge in [0.2, 0.25) is 0 Å². The third-order valence-electron chi connectivity index (χ3n) is 4.19. The van der Waals surface area contributed by atoms with Gasteiger partial charge in [0.05, 0.1) is 0 Å². The van der Waals surface area contributed by atoms with Crippen LogP contribution < -0.4 is 0 Å². The minimum atomic E-state index is 0.434. The molecule has 1 aliphatic rings. The van der Waals surface area contributed by atoms with E-state index in [0.717, 1.165) is 12.3 Å². The lowest BCUT2D eigenvalue weighted by molar-refractivity contribution is 0.353. The molecule has 0 heterocycles. The number of hydrogen-bond acceptors (Lipinski definition) is 1. The number of hydrogen-bond donors (Lipinski definition) is 1. The number of unbranched alkanes of at least 4 members (excludes halogenated alkanes) is 1. The van der Waals surface area contributed by atoms with Gasteiger partial charge in [0.1, 0.15) is 0 Å². The van der Waals surface area contributed by atoms with E-state index in [9.17, 15) is 0 Å². The van der Waals surface area contributed by atoms with E-state index in [1.54, 1.807) is 5.57 Å². The van der Waals surface area contributed by atoms with E-state index in [-0.39, 0.29) is 0 Å². The molecule has 1 aliphatic carbocycles. The summed E-state index contributed by atoms with van der Waals surface area (Å²) in [5, 5.41) is 0.434. The summed E-state index contributed by atoms with van der Waals surface area (Å²) >= 11 is 4.77. The Kier molecular flexibility index (Phi) is 8.29. The Morgan fingerprint density at radius 3 is 2.63 bits per heavy atom. The molecular weight excluding hydrogens is 248 g/mol. The average Bonchev–Trinajstić information content (AvgIpc) is 2.44. The fraction of sp³-hybridized carbons (Fsp3) is 0.667. The first-order valence-corrected chi connectivity index (χ1v) is 8.45. The molecule has 0 aromatic rings. The largest absolute Gasteiger partial charge is 0.171 e. The molecular formula is C18H30S. The molecule has 0 spiro atoms. The molecule has 3 atom stereocenters. The predicted molar refractivity (Wildman–Crippen MR) is 90.8 cm³/mol. The lowest BCUT2D eigenvalue weighted by Gasteiger charge is -2.31. The quantitative estimate of drug-likeness (QED) is 0.410. The van der Waals surface area contributed by atoms with Gasteiger partial charge in [0.15, 0.2) is 0 Å². The summed E-state index contributed by atoms with van der Waals surface area (Å²) in [4.78, 5) is 0. The first kappa shape index (κ1) is 16.6. The maximum atomic E-state index is 4.77. The molecule has 0 aromatic heterocycles. The SMILES string of the molecule is CCC/C=C\CC(CC)C(CC)C1=CC=CCC1S. The molecule has 0 radical (unpaired) electrons. The smallest absolute Gasteiger partial charge is 0.0266 e. The first-order chi connectivity index (χ1) is 9.24. The molecule has 3 unspecified atom stereocenters. The van der Waals surface area contributed by atoms with Gasteiger partial charge in [0.25, 0.3) is 0 Å². The van der Waals surface area contributed by atoms with E-state index < -0.39 is 0 Å². The molecule has 0 aliphatic heterocycles. The van der Waals surface area contributed by atoms with Gasteiger partial charge in [-0.1, -0.05) is 69.6 Å². The van der Waals surface area contributed by atoms with E-state index in [1.807, 2.05) is 0 Å². The first-order valence-electron chi connectivity index (χ1n) is 7.94. The standard InChI is InChI=1S/C18H30S/c1-4-7-8-9-12-15(5-2)16(6-3)17-13-10-11-14-18(17)19/h8-11,13,15-16,18-19H,4-7,12,14H2,1-3H3/b9-8-. The second kappa shape index (κ2) is 9.47. The van der Waals surface area contributed by atoms with Crippen molar-refractivity contribution in [1.29, 1.82) is 0 Å². The summed E-state index contributed by atoms with van der Waals surface area (Å²) in [6.07, 6.45) is 18.8. The zero-order chi connectivity index (χ0) is 14.1. The van der Waals surface area contributed by atoms with E-state index >= 15 is 0 Å². The van der Waals surface area contributed by atoms with Crippen LogP contribution in [-0.2, 0) is 0 Å². The second-order valence-electron chi connectivity index (χ2n) is 5.53.